The predicted octanol–water partition coefficient (Wildman–Crippen LogP) is 10.9. The second-order valence-electron chi connectivity index (χ2n) is 15.8. The van der Waals surface area contributed by atoms with Gasteiger partial charge in [-0.2, -0.15) is 0 Å². The van der Waals surface area contributed by atoms with Gasteiger partial charge in [-0.05, 0) is 19.3 Å². The Morgan fingerprint density at radius 3 is 1.49 bits per heavy atom. The first kappa shape index (κ1) is 50.0. The predicted molar refractivity (Wildman–Crippen MR) is 208 cm³/mol. The van der Waals surface area contributed by atoms with Gasteiger partial charge in [-0.3, -0.25) is 14.2 Å². The number of phosphoric ester groups is 1. The van der Waals surface area contributed by atoms with E-state index in [9.17, 15) is 19.0 Å². The molecule has 0 aromatic carbocycles. The topological polar surface area (TPSA) is 111 Å². The maximum Gasteiger partial charge on any atom is 0.309 e. The molecule has 0 N–H and O–H groups in total. The summed E-state index contributed by atoms with van der Waals surface area (Å²) in [6, 6.07) is 0. The van der Waals surface area contributed by atoms with Gasteiger partial charge in [0.25, 0.3) is 7.82 Å². The molecule has 0 radical (unpaired) electrons. The lowest BCUT2D eigenvalue weighted by molar-refractivity contribution is -0.870. The summed E-state index contributed by atoms with van der Waals surface area (Å²) in [6.07, 6.45) is 29.7. The molecule has 0 bridgehead atoms. The molecule has 3 atom stereocenters. The smallest absolute Gasteiger partial charge is 0.309 e. The third-order valence-electron chi connectivity index (χ3n) is 9.50. The van der Waals surface area contributed by atoms with E-state index in [0.29, 0.717) is 17.4 Å². The number of nitrogens with zero attached hydrogens (tertiary/aromatic N) is 1. The van der Waals surface area contributed by atoms with Crippen molar-refractivity contribution in [2.45, 2.75) is 200 Å². The highest BCUT2D eigenvalue weighted by molar-refractivity contribution is 7.45. The number of phosphoric acid groups is 1. The molecular formula is C41H82NO8P. The second-order valence-corrected chi connectivity index (χ2v) is 17.2. The summed E-state index contributed by atoms with van der Waals surface area (Å²) in [6.45, 7) is 6.25. The Balaban J connectivity index is 4.67. The van der Waals surface area contributed by atoms with E-state index >= 15 is 0 Å². The summed E-state index contributed by atoms with van der Waals surface area (Å²) < 4.78 is 34.4. The SMILES string of the molecule is CCCCCCCCCCCCCCCCCC(=O)OCC(COP(=O)([O-])OCC[N+](C)(C)C)OC(=O)C(CCC)CCCCCCCCCC. The third-order valence-corrected chi connectivity index (χ3v) is 10.5. The van der Waals surface area contributed by atoms with Crippen LogP contribution in [0, 0.1) is 5.92 Å². The highest BCUT2D eigenvalue weighted by Gasteiger charge is 2.26. The number of carbonyl (C=O) groups is 2. The Bertz CT molecular complexity index is 865. The van der Waals surface area contributed by atoms with Crippen molar-refractivity contribution in [3.63, 3.8) is 0 Å². The van der Waals surface area contributed by atoms with Crippen molar-refractivity contribution in [1.82, 2.24) is 0 Å². The van der Waals surface area contributed by atoms with Crippen LogP contribution in [0.15, 0.2) is 0 Å². The lowest BCUT2D eigenvalue weighted by Gasteiger charge is -2.28. The largest absolute Gasteiger partial charge is 0.756 e. The van der Waals surface area contributed by atoms with Gasteiger partial charge in [-0.25, -0.2) is 0 Å². The molecule has 51 heavy (non-hydrogen) atoms. The summed E-state index contributed by atoms with van der Waals surface area (Å²) in [5.74, 6) is -1.05. The van der Waals surface area contributed by atoms with E-state index in [-0.39, 0.29) is 31.5 Å². The second kappa shape index (κ2) is 33.6. The zero-order chi connectivity index (χ0) is 38.1. The fourth-order valence-electron chi connectivity index (χ4n) is 6.17. The van der Waals surface area contributed by atoms with Gasteiger partial charge >= 0.3 is 11.9 Å². The number of carbonyl (C=O) groups excluding carboxylic acids is 2. The Morgan fingerprint density at radius 1 is 0.588 bits per heavy atom. The fourth-order valence-corrected chi connectivity index (χ4v) is 6.90. The molecule has 0 aromatic heterocycles. The van der Waals surface area contributed by atoms with E-state index in [2.05, 4.69) is 13.8 Å². The first-order valence-electron chi connectivity index (χ1n) is 21.2. The summed E-state index contributed by atoms with van der Waals surface area (Å²) in [5, 5.41) is 0. The van der Waals surface area contributed by atoms with Gasteiger partial charge in [-0.1, -0.05) is 168 Å². The van der Waals surface area contributed by atoms with Crippen LogP contribution >= 0.6 is 7.82 Å². The van der Waals surface area contributed by atoms with Gasteiger partial charge in [-0.15, -0.1) is 0 Å². The number of unbranched alkanes of at least 4 members (excludes halogenated alkanes) is 21. The fraction of sp³-hybridized carbons (Fsp3) is 0.951. The van der Waals surface area contributed by atoms with Gasteiger partial charge in [0, 0.05) is 6.42 Å². The normalized spacial score (nSPS) is 14.3. The van der Waals surface area contributed by atoms with Gasteiger partial charge in [0.05, 0.1) is 33.7 Å². The minimum absolute atomic E-state index is 0.0276. The van der Waals surface area contributed by atoms with E-state index < -0.39 is 26.5 Å². The molecule has 0 heterocycles. The number of ether oxygens (including phenoxy) is 2. The van der Waals surface area contributed by atoms with Gasteiger partial charge in [0.2, 0.25) is 0 Å². The Kier molecular flexibility index (Phi) is 32.9. The van der Waals surface area contributed by atoms with Gasteiger partial charge < -0.3 is 27.9 Å². The molecule has 0 aliphatic rings. The molecule has 0 aliphatic heterocycles. The first-order valence-corrected chi connectivity index (χ1v) is 22.7. The van der Waals surface area contributed by atoms with Gasteiger partial charge in [0.1, 0.15) is 19.8 Å². The number of hydrogen-bond donors (Lipinski definition) is 0. The first-order chi connectivity index (χ1) is 24.4. The lowest BCUT2D eigenvalue weighted by atomic mass is 9.96. The summed E-state index contributed by atoms with van der Waals surface area (Å²) >= 11 is 0. The number of quaternary nitrogens is 1. The molecule has 0 amide bonds. The summed E-state index contributed by atoms with van der Waals surface area (Å²) in [5.41, 5.74) is 0. The molecule has 0 rings (SSSR count). The van der Waals surface area contributed by atoms with Crippen molar-refractivity contribution in [2.75, 3.05) is 47.5 Å². The molecule has 0 saturated heterocycles. The maximum absolute atomic E-state index is 13.3. The van der Waals surface area contributed by atoms with E-state index in [1.807, 2.05) is 28.1 Å². The third kappa shape index (κ3) is 34.5. The van der Waals surface area contributed by atoms with Crippen LogP contribution in [-0.4, -0.2) is 70.0 Å². The molecule has 0 fully saturated rings. The summed E-state index contributed by atoms with van der Waals surface area (Å²) in [7, 11) is 1.17. The van der Waals surface area contributed by atoms with Crippen LogP contribution in [0.1, 0.15) is 194 Å². The minimum Gasteiger partial charge on any atom is -0.756 e. The number of likely N-dealkylation sites (N-methyl/N-ethyl adjacent to an activating group) is 1. The van der Waals surface area contributed by atoms with Crippen molar-refractivity contribution < 1.29 is 42.1 Å². The Hall–Kier alpha value is -0.990. The quantitative estimate of drug-likeness (QED) is 0.0266. The standard InChI is InChI=1S/C41H82NO8P/c1-7-10-12-14-16-18-19-20-21-22-23-24-26-28-30-33-40(43)47-36-39(37-49-51(45,46)48-35-34-42(4,5)6)50-41(44)38(31-9-3)32-29-27-25-17-15-13-11-8-2/h38-39H,7-37H2,1-6H3. The molecule has 9 nitrogen and oxygen atoms in total. The highest BCUT2D eigenvalue weighted by Crippen LogP contribution is 2.38. The zero-order valence-corrected chi connectivity index (χ0v) is 35.1. The molecule has 0 aromatic rings. The average Bonchev–Trinajstić information content (AvgIpc) is 3.07. The van der Waals surface area contributed by atoms with Crippen molar-refractivity contribution in [3.8, 4) is 0 Å². The van der Waals surface area contributed by atoms with Crippen molar-refractivity contribution in [3.05, 3.63) is 0 Å². The molecule has 0 spiro atoms. The van der Waals surface area contributed by atoms with E-state index in [0.717, 1.165) is 51.4 Å². The van der Waals surface area contributed by atoms with Crippen LogP contribution in [0.3, 0.4) is 0 Å². The van der Waals surface area contributed by atoms with E-state index in [4.69, 9.17) is 18.5 Å². The molecule has 3 unspecified atom stereocenters. The lowest BCUT2D eigenvalue weighted by Crippen LogP contribution is -2.37. The molecule has 10 heteroatoms. The number of rotatable bonds is 38. The average molecular weight is 748 g/mol. The van der Waals surface area contributed by atoms with Crippen LogP contribution in [0.5, 0.6) is 0 Å². The van der Waals surface area contributed by atoms with Crippen LogP contribution in [0.4, 0.5) is 0 Å². The van der Waals surface area contributed by atoms with E-state index in [1.165, 1.54) is 109 Å². The van der Waals surface area contributed by atoms with Crippen molar-refractivity contribution in [1.29, 1.82) is 0 Å². The van der Waals surface area contributed by atoms with Crippen molar-refractivity contribution in [2.24, 2.45) is 5.92 Å². The van der Waals surface area contributed by atoms with Crippen LogP contribution in [-0.2, 0) is 32.7 Å². The number of hydrogen-bond acceptors (Lipinski definition) is 8. The molecule has 0 aliphatic carbocycles. The monoisotopic (exact) mass is 748 g/mol. The zero-order valence-electron chi connectivity index (χ0n) is 34.2. The highest BCUT2D eigenvalue weighted by atomic mass is 31.2. The Labute approximate surface area is 314 Å². The number of esters is 2. The van der Waals surface area contributed by atoms with Crippen LogP contribution in [0.2, 0.25) is 0 Å². The minimum atomic E-state index is -4.63. The molecular weight excluding hydrogens is 665 g/mol. The molecule has 304 valence electrons. The maximum atomic E-state index is 13.3. The van der Waals surface area contributed by atoms with Crippen LogP contribution < -0.4 is 4.89 Å². The molecule has 0 saturated carbocycles. The van der Waals surface area contributed by atoms with Crippen LogP contribution in [0.25, 0.3) is 0 Å². The Morgan fingerprint density at radius 2 is 1.04 bits per heavy atom. The van der Waals surface area contributed by atoms with Gasteiger partial charge in [0.15, 0.2) is 6.10 Å². The van der Waals surface area contributed by atoms with E-state index in [1.54, 1.807) is 0 Å². The van der Waals surface area contributed by atoms with Crippen molar-refractivity contribution >= 4 is 19.8 Å². The summed E-state index contributed by atoms with van der Waals surface area (Å²) in [4.78, 5) is 38.3.